The molecule has 0 unspecified atom stereocenters. The number of methoxy groups -OCH3 is 1. The molecule has 2 amide bonds. The number of benzene rings is 2. The molecule has 0 aromatic heterocycles. The maximum Gasteiger partial charge on any atom is 0.269 e. The second-order valence-electron chi connectivity index (χ2n) is 6.49. The number of amides is 2. The number of halogens is 1. The number of hydrazine groups is 1. The Balaban J connectivity index is 2.00. The number of rotatable bonds is 9. The van der Waals surface area contributed by atoms with Gasteiger partial charge in [0.1, 0.15) is 0 Å². The van der Waals surface area contributed by atoms with Gasteiger partial charge in [-0.1, -0.05) is 26.0 Å². The predicted molar refractivity (Wildman–Crippen MR) is 120 cm³/mol. The van der Waals surface area contributed by atoms with E-state index in [-0.39, 0.29) is 0 Å². The molecular formula is C22H28BrN3O4. The fraction of sp³-hybridized carbons (Fsp3) is 0.364. The normalized spacial score (nSPS) is 10.6. The van der Waals surface area contributed by atoms with E-state index in [0.29, 0.717) is 33.7 Å². The van der Waals surface area contributed by atoms with Gasteiger partial charge in [0.05, 0.1) is 18.2 Å². The van der Waals surface area contributed by atoms with Crippen molar-refractivity contribution >= 4 is 27.7 Å². The summed E-state index contributed by atoms with van der Waals surface area (Å²) in [5.41, 5.74) is 6.78. The summed E-state index contributed by atoms with van der Waals surface area (Å²) in [5.74, 6) is 0.0788. The van der Waals surface area contributed by atoms with Gasteiger partial charge in [-0.15, -0.1) is 0 Å². The minimum Gasteiger partial charge on any atom is -0.493 e. The van der Waals surface area contributed by atoms with Crippen LogP contribution in [0.15, 0.2) is 40.9 Å². The molecule has 2 N–H and O–H groups in total. The highest BCUT2D eigenvalue weighted by molar-refractivity contribution is 9.10. The second kappa shape index (κ2) is 11.6. The zero-order valence-electron chi connectivity index (χ0n) is 17.8. The third kappa shape index (κ3) is 6.21. The standard InChI is InChI=1S/C22H28BrN3O4/c1-5-26(6-2)14-15-8-10-16(11-9-15)21(27)24-25-22(28)17-12-18(23)20(30-7-3)19(13-17)29-4/h8-13H,5-7,14H2,1-4H3,(H,24,27)(H,25,28). The summed E-state index contributed by atoms with van der Waals surface area (Å²) in [6.45, 7) is 9.33. The van der Waals surface area contributed by atoms with E-state index in [4.69, 9.17) is 9.47 Å². The minimum atomic E-state index is -0.469. The van der Waals surface area contributed by atoms with Crippen LogP contribution in [-0.4, -0.2) is 43.5 Å². The molecule has 2 rings (SSSR count). The van der Waals surface area contributed by atoms with E-state index < -0.39 is 11.8 Å². The van der Waals surface area contributed by atoms with Gasteiger partial charge in [-0.2, -0.15) is 0 Å². The van der Waals surface area contributed by atoms with Crippen LogP contribution in [0.5, 0.6) is 11.5 Å². The van der Waals surface area contributed by atoms with Gasteiger partial charge in [0.25, 0.3) is 11.8 Å². The third-order valence-electron chi connectivity index (χ3n) is 4.59. The van der Waals surface area contributed by atoms with Gasteiger partial charge in [0.15, 0.2) is 11.5 Å². The lowest BCUT2D eigenvalue weighted by atomic mass is 10.1. The van der Waals surface area contributed by atoms with E-state index in [2.05, 4.69) is 45.5 Å². The SMILES string of the molecule is CCOc1c(Br)cc(C(=O)NNC(=O)c2ccc(CN(CC)CC)cc2)cc1OC. The van der Waals surface area contributed by atoms with Gasteiger partial charge in [0.2, 0.25) is 0 Å². The van der Waals surface area contributed by atoms with Crippen LogP contribution in [0.3, 0.4) is 0 Å². The Labute approximate surface area is 185 Å². The van der Waals surface area contributed by atoms with Gasteiger partial charge >= 0.3 is 0 Å². The molecular weight excluding hydrogens is 450 g/mol. The molecule has 2 aromatic rings. The summed E-state index contributed by atoms with van der Waals surface area (Å²) in [5, 5.41) is 0. The van der Waals surface area contributed by atoms with E-state index in [0.717, 1.165) is 25.2 Å². The fourth-order valence-electron chi connectivity index (χ4n) is 2.86. The van der Waals surface area contributed by atoms with Gasteiger partial charge in [0, 0.05) is 17.7 Å². The van der Waals surface area contributed by atoms with Crippen molar-refractivity contribution in [2.24, 2.45) is 0 Å². The molecule has 0 aliphatic heterocycles. The summed E-state index contributed by atoms with van der Waals surface area (Å²) in [6, 6.07) is 10.5. The first-order chi connectivity index (χ1) is 14.4. The van der Waals surface area contributed by atoms with E-state index >= 15 is 0 Å². The van der Waals surface area contributed by atoms with Crippen molar-refractivity contribution in [2.45, 2.75) is 27.3 Å². The molecule has 0 saturated heterocycles. The van der Waals surface area contributed by atoms with Crippen molar-refractivity contribution in [1.82, 2.24) is 15.8 Å². The van der Waals surface area contributed by atoms with Crippen LogP contribution in [-0.2, 0) is 6.54 Å². The van der Waals surface area contributed by atoms with Crippen molar-refractivity contribution < 1.29 is 19.1 Å². The molecule has 0 bridgehead atoms. The van der Waals surface area contributed by atoms with Crippen LogP contribution < -0.4 is 20.3 Å². The number of nitrogens with zero attached hydrogens (tertiary/aromatic N) is 1. The van der Waals surface area contributed by atoms with Gasteiger partial charge in [-0.25, -0.2) is 0 Å². The lowest BCUT2D eigenvalue weighted by Crippen LogP contribution is -2.41. The summed E-state index contributed by atoms with van der Waals surface area (Å²) in [6.07, 6.45) is 0. The first-order valence-electron chi connectivity index (χ1n) is 9.85. The minimum absolute atomic E-state index is 0.317. The molecule has 0 aliphatic carbocycles. The maximum atomic E-state index is 12.5. The zero-order valence-corrected chi connectivity index (χ0v) is 19.3. The molecule has 8 heteroatoms. The number of hydrogen-bond donors (Lipinski definition) is 2. The van der Waals surface area contributed by atoms with Crippen molar-refractivity contribution in [3.8, 4) is 11.5 Å². The van der Waals surface area contributed by atoms with Crippen molar-refractivity contribution in [2.75, 3.05) is 26.8 Å². The molecule has 0 atom stereocenters. The maximum absolute atomic E-state index is 12.5. The molecule has 0 spiro atoms. The Morgan fingerprint density at radius 1 is 0.967 bits per heavy atom. The number of nitrogens with one attached hydrogen (secondary N) is 2. The summed E-state index contributed by atoms with van der Waals surface area (Å²) < 4.78 is 11.4. The van der Waals surface area contributed by atoms with Crippen LogP contribution in [0.25, 0.3) is 0 Å². The largest absolute Gasteiger partial charge is 0.493 e. The molecule has 162 valence electrons. The van der Waals surface area contributed by atoms with Crippen molar-refractivity contribution in [3.05, 3.63) is 57.6 Å². The molecule has 0 saturated carbocycles. The first-order valence-corrected chi connectivity index (χ1v) is 10.6. The molecule has 2 aromatic carbocycles. The van der Waals surface area contributed by atoms with Crippen LogP contribution in [0.1, 0.15) is 47.1 Å². The molecule has 0 aliphatic rings. The zero-order chi connectivity index (χ0) is 22.1. The number of ether oxygens (including phenoxy) is 2. The Hall–Kier alpha value is -2.58. The molecule has 0 radical (unpaired) electrons. The van der Waals surface area contributed by atoms with Crippen LogP contribution in [0.2, 0.25) is 0 Å². The Bertz CT molecular complexity index is 867. The Morgan fingerprint density at radius 2 is 1.57 bits per heavy atom. The number of carbonyl (C=O) groups is 2. The third-order valence-corrected chi connectivity index (χ3v) is 5.18. The predicted octanol–water partition coefficient (Wildman–Crippen LogP) is 3.77. The summed E-state index contributed by atoms with van der Waals surface area (Å²) in [4.78, 5) is 27.1. The lowest BCUT2D eigenvalue weighted by molar-refractivity contribution is 0.0846. The average Bonchev–Trinajstić information content (AvgIpc) is 2.77. The lowest BCUT2D eigenvalue weighted by Gasteiger charge is -2.18. The quantitative estimate of drug-likeness (QED) is 0.537. The first kappa shape index (κ1) is 23.7. The second-order valence-corrected chi connectivity index (χ2v) is 7.34. The van der Waals surface area contributed by atoms with Crippen LogP contribution in [0.4, 0.5) is 0 Å². The number of hydrogen-bond acceptors (Lipinski definition) is 5. The summed E-state index contributed by atoms with van der Waals surface area (Å²) in [7, 11) is 1.50. The number of carbonyl (C=O) groups excluding carboxylic acids is 2. The fourth-order valence-corrected chi connectivity index (χ4v) is 3.42. The highest BCUT2D eigenvalue weighted by Crippen LogP contribution is 2.36. The van der Waals surface area contributed by atoms with E-state index in [1.54, 1.807) is 24.3 Å². The van der Waals surface area contributed by atoms with Gasteiger partial charge in [-0.3, -0.25) is 25.3 Å². The van der Waals surface area contributed by atoms with Gasteiger partial charge < -0.3 is 9.47 Å². The smallest absolute Gasteiger partial charge is 0.269 e. The Kier molecular flexibility index (Phi) is 9.14. The topological polar surface area (TPSA) is 79.9 Å². The van der Waals surface area contributed by atoms with E-state index in [1.165, 1.54) is 7.11 Å². The van der Waals surface area contributed by atoms with E-state index in [1.807, 2.05) is 19.1 Å². The van der Waals surface area contributed by atoms with Crippen molar-refractivity contribution in [3.63, 3.8) is 0 Å². The molecule has 7 nitrogen and oxygen atoms in total. The van der Waals surface area contributed by atoms with Crippen LogP contribution in [0, 0.1) is 0 Å². The van der Waals surface area contributed by atoms with E-state index in [9.17, 15) is 9.59 Å². The highest BCUT2D eigenvalue weighted by atomic mass is 79.9. The van der Waals surface area contributed by atoms with Crippen molar-refractivity contribution in [1.29, 1.82) is 0 Å². The van der Waals surface area contributed by atoms with Gasteiger partial charge in [-0.05, 0) is 65.8 Å². The highest BCUT2D eigenvalue weighted by Gasteiger charge is 2.16. The van der Waals surface area contributed by atoms with Crippen LogP contribution >= 0.6 is 15.9 Å². The Morgan fingerprint density at radius 3 is 2.10 bits per heavy atom. The average molecular weight is 478 g/mol. The molecule has 30 heavy (non-hydrogen) atoms. The molecule has 0 heterocycles. The monoisotopic (exact) mass is 477 g/mol. The summed E-state index contributed by atoms with van der Waals surface area (Å²) >= 11 is 3.38. The molecule has 0 fully saturated rings.